The second kappa shape index (κ2) is 7.71. The molecule has 1 aromatic carbocycles. The van der Waals surface area contributed by atoms with Crippen LogP contribution in [-0.2, 0) is 11.2 Å². The van der Waals surface area contributed by atoms with Crippen molar-refractivity contribution < 1.29 is 9.90 Å². The normalized spacial score (nSPS) is 13.4. The molecular weight excluding hydrogens is 276 g/mol. The number of aromatic nitrogens is 1. The number of hydrogen-bond donors (Lipinski definition) is 2. The first-order chi connectivity index (χ1) is 10.5. The molecule has 22 heavy (non-hydrogen) atoms. The van der Waals surface area contributed by atoms with Crippen molar-refractivity contribution in [2.75, 3.05) is 0 Å². The van der Waals surface area contributed by atoms with Crippen LogP contribution in [0.3, 0.4) is 0 Å². The summed E-state index contributed by atoms with van der Waals surface area (Å²) in [7, 11) is 0. The molecule has 2 N–H and O–H groups in total. The molecule has 4 nitrogen and oxygen atoms in total. The van der Waals surface area contributed by atoms with Gasteiger partial charge in [0.15, 0.2) is 0 Å². The average molecular weight is 298 g/mol. The fraction of sp³-hybridized carbons (Fsp3) is 0.333. The van der Waals surface area contributed by atoms with Crippen LogP contribution < -0.4 is 5.32 Å². The first-order valence-electron chi connectivity index (χ1n) is 7.48. The van der Waals surface area contributed by atoms with Crippen LogP contribution in [0.15, 0.2) is 48.7 Å². The van der Waals surface area contributed by atoms with Gasteiger partial charge in [0.05, 0.1) is 12.5 Å². The molecule has 116 valence electrons. The van der Waals surface area contributed by atoms with E-state index in [1.165, 1.54) is 0 Å². The quantitative estimate of drug-likeness (QED) is 0.861. The lowest BCUT2D eigenvalue weighted by Gasteiger charge is -2.18. The number of amides is 1. The first kappa shape index (κ1) is 16.2. The van der Waals surface area contributed by atoms with Crippen molar-refractivity contribution in [3.63, 3.8) is 0 Å². The van der Waals surface area contributed by atoms with E-state index in [2.05, 4.69) is 10.3 Å². The predicted octanol–water partition coefficient (Wildman–Crippen LogP) is 2.56. The number of hydrogen-bond acceptors (Lipinski definition) is 3. The van der Waals surface area contributed by atoms with Crippen molar-refractivity contribution in [3.05, 3.63) is 65.5 Å². The highest BCUT2D eigenvalue weighted by Crippen LogP contribution is 2.17. The van der Waals surface area contributed by atoms with Gasteiger partial charge < -0.3 is 10.4 Å². The van der Waals surface area contributed by atoms with E-state index < -0.39 is 6.10 Å². The standard InChI is InChI=1S/C18H22N2O2/c1-13-8-9-15(12-19-13)11-18(22)20-14(2)10-17(21)16-6-4-3-5-7-16/h3-9,12,14,17,21H,10-11H2,1-2H3,(H,20,22). The minimum atomic E-state index is -0.572. The number of carbonyl (C=O) groups is 1. The molecule has 4 heteroatoms. The summed E-state index contributed by atoms with van der Waals surface area (Å²) in [5.41, 5.74) is 2.69. The van der Waals surface area contributed by atoms with Gasteiger partial charge in [-0.05, 0) is 37.5 Å². The van der Waals surface area contributed by atoms with Gasteiger partial charge >= 0.3 is 0 Å². The number of aryl methyl sites for hydroxylation is 1. The molecule has 0 aliphatic rings. The van der Waals surface area contributed by atoms with Crippen LogP contribution in [0.1, 0.15) is 36.3 Å². The zero-order valence-corrected chi connectivity index (χ0v) is 13.0. The monoisotopic (exact) mass is 298 g/mol. The molecule has 2 atom stereocenters. The van der Waals surface area contributed by atoms with E-state index in [0.717, 1.165) is 16.8 Å². The second-order valence-electron chi connectivity index (χ2n) is 5.62. The van der Waals surface area contributed by atoms with Gasteiger partial charge in [-0.15, -0.1) is 0 Å². The molecule has 2 unspecified atom stereocenters. The lowest BCUT2D eigenvalue weighted by Crippen LogP contribution is -2.34. The van der Waals surface area contributed by atoms with Gasteiger partial charge in [-0.1, -0.05) is 36.4 Å². The summed E-state index contributed by atoms with van der Waals surface area (Å²) in [6.07, 6.45) is 1.94. The summed E-state index contributed by atoms with van der Waals surface area (Å²) in [5, 5.41) is 13.1. The van der Waals surface area contributed by atoms with Gasteiger partial charge in [-0.3, -0.25) is 9.78 Å². The Hall–Kier alpha value is -2.20. The van der Waals surface area contributed by atoms with Crippen LogP contribution in [-0.4, -0.2) is 22.0 Å². The summed E-state index contributed by atoms with van der Waals surface area (Å²) in [6.45, 7) is 3.81. The Labute approximate surface area is 131 Å². The average Bonchev–Trinajstić information content (AvgIpc) is 2.50. The summed E-state index contributed by atoms with van der Waals surface area (Å²) >= 11 is 0. The Kier molecular flexibility index (Phi) is 5.67. The Morgan fingerprint density at radius 3 is 2.59 bits per heavy atom. The largest absolute Gasteiger partial charge is 0.388 e. The van der Waals surface area contributed by atoms with E-state index in [1.807, 2.05) is 56.3 Å². The molecule has 0 radical (unpaired) electrons. The minimum absolute atomic E-state index is 0.0570. The van der Waals surface area contributed by atoms with Gasteiger partial charge in [-0.25, -0.2) is 0 Å². The van der Waals surface area contributed by atoms with Gasteiger partial charge in [0.25, 0.3) is 0 Å². The third-order valence-corrected chi connectivity index (χ3v) is 3.51. The van der Waals surface area contributed by atoms with E-state index >= 15 is 0 Å². The SMILES string of the molecule is Cc1ccc(CC(=O)NC(C)CC(O)c2ccccc2)cn1. The summed E-state index contributed by atoms with van der Waals surface area (Å²) in [6, 6.07) is 13.2. The van der Waals surface area contributed by atoms with E-state index in [0.29, 0.717) is 12.8 Å². The molecular formula is C18H22N2O2. The Morgan fingerprint density at radius 1 is 1.23 bits per heavy atom. The molecule has 0 saturated heterocycles. The highest BCUT2D eigenvalue weighted by atomic mass is 16.3. The maximum absolute atomic E-state index is 12.0. The Morgan fingerprint density at radius 2 is 1.95 bits per heavy atom. The van der Waals surface area contributed by atoms with Crippen molar-refractivity contribution in [2.24, 2.45) is 0 Å². The molecule has 0 aliphatic carbocycles. The molecule has 0 spiro atoms. The van der Waals surface area contributed by atoms with E-state index in [1.54, 1.807) is 6.20 Å². The molecule has 0 aliphatic heterocycles. The minimum Gasteiger partial charge on any atom is -0.388 e. The van der Waals surface area contributed by atoms with Crippen molar-refractivity contribution in [1.82, 2.24) is 10.3 Å². The molecule has 2 aromatic rings. The number of nitrogens with zero attached hydrogens (tertiary/aromatic N) is 1. The van der Waals surface area contributed by atoms with Gasteiger partial charge in [-0.2, -0.15) is 0 Å². The van der Waals surface area contributed by atoms with Crippen LogP contribution in [0, 0.1) is 6.92 Å². The van der Waals surface area contributed by atoms with Crippen LogP contribution >= 0.6 is 0 Å². The lowest BCUT2D eigenvalue weighted by atomic mass is 10.0. The maximum Gasteiger partial charge on any atom is 0.224 e. The predicted molar refractivity (Wildman–Crippen MR) is 86.3 cm³/mol. The van der Waals surface area contributed by atoms with Crippen LogP contribution in [0.5, 0.6) is 0 Å². The molecule has 0 saturated carbocycles. The second-order valence-corrected chi connectivity index (χ2v) is 5.62. The molecule has 0 fully saturated rings. The molecule has 1 heterocycles. The lowest BCUT2D eigenvalue weighted by molar-refractivity contribution is -0.121. The third kappa shape index (κ3) is 4.97. The Balaban J connectivity index is 1.82. The summed E-state index contributed by atoms with van der Waals surface area (Å²) in [5.74, 6) is -0.0570. The molecule has 1 aromatic heterocycles. The summed E-state index contributed by atoms with van der Waals surface area (Å²) in [4.78, 5) is 16.2. The number of pyridine rings is 1. The smallest absolute Gasteiger partial charge is 0.224 e. The number of aliphatic hydroxyl groups excluding tert-OH is 1. The van der Waals surface area contributed by atoms with Crippen molar-refractivity contribution in [1.29, 1.82) is 0 Å². The highest BCUT2D eigenvalue weighted by Gasteiger charge is 2.14. The van der Waals surface area contributed by atoms with Crippen LogP contribution in [0.4, 0.5) is 0 Å². The number of benzene rings is 1. The van der Waals surface area contributed by atoms with Crippen LogP contribution in [0.25, 0.3) is 0 Å². The molecule has 0 bridgehead atoms. The van der Waals surface area contributed by atoms with Gasteiger partial charge in [0.2, 0.25) is 5.91 Å². The van der Waals surface area contributed by atoms with Crippen molar-refractivity contribution >= 4 is 5.91 Å². The fourth-order valence-corrected chi connectivity index (χ4v) is 2.32. The zero-order valence-electron chi connectivity index (χ0n) is 13.0. The maximum atomic E-state index is 12.0. The van der Waals surface area contributed by atoms with Crippen molar-refractivity contribution in [3.8, 4) is 0 Å². The van der Waals surface area contributed by atoms with Crippen LogP contribution in [0.2, 0.25) is 0 Å². The zero-order chi connectivity index (χ0) is 15.9. The van der Waals surface area contributed by atoms with Crippen molar-refractivity contribution in [2.45, 2.75) is 38.8 Å². The number of nitrogens with one attached hydrogen (secondary N) is 1. The fourth-order valence-electron chi connectivity index (χ4n) is 2.32. The number of aliphatic hydroxyl groups is 1. The molecule has 1 amide bonds. The third-order valence-electron chi connectivity index (χ3n) is 3.51. The first-order valence-corrected chi connectivity index (χ1v) is 7.48. The topological polar surface area (TPSA) is 62.2 Å². The Bertz CT molecular complexity index is 596. The number of rotatable bonds is 6. The van der Waals surface area contributed by atoms with E-state index in [9.17, 15) is 9.90 Å². The highest BCUT2D eigenvalue weighted by molar-refractivity contribution is 5.78. The number of carbonyl (C=O) groups excluding carboxylic acids is 1. The molecule has 2 rings (SSSR count). The van der Waals surface area contributed by atoms with E-state index in [-0.39, 0.29) is 11.9 Å². The van der Waals surface area contributed by atoms with Gasteiger partial charge in [0, 0.05) is 17.9 Å². The summed E-state index contributed by atoms with van der Waals surface area (Å²) < 4.78 is 0. The van der Waals surface area contributed by atoms with Gasteiger partial charge in [0.1, 0.15) is 0 Å². The van der Waals surface area contributed by atoms with E-state index in [4.69, 9.17) is 0 Å².